The number of rotatable bonds is 9. The first-order valence-electron chi connectivity index (χ1n) is 11.1. The van der Waals surface area contributed by atoms with Gasteiger partial charge in [-0.25, -0.2) is 8.42 Å². The summed E-state index contributed by atoms with van der Waals surface area (Å²) in [6, 6.07) is 7.33. The highest BCUT2D eigenvalue weighted by Crippen LogP contribution is 2.26. The summed E-state index contributed by atoms with van der Waals surface area (Å²) < 4.78 is 30.5. The SMILES string of the molecule is Cc1c(NS(=O)(=O)c2ccc(CCCC3CCNCC3)cc2)c(CC(C)C)nn1C. The first kappa shape index (κ1) is 22.8. The van der Waals surface area contributed by atoms with E-state index in [4.69, 9.17) is 0 Å². The Bertz CT molecular complexity index is 927. The van der Waals surface area contributed by atoms with Gasteiger partial charge in [0, 0.05) is 7.05 Å². The first-order chi connectivity index (χ1) is 14.3. The number of piperidine rings is 1. The lowest BCUT2D eigenvalue weighted by Crippen LogP contribution is -2.27. The normalized spacial score (nSPS) is 15.6. The van der Waals surface area contributed by atoms with Gasteiger partial charge < -0.3 is 5.32 Å². The number of sulfonamides is 1. The van der Waals surface area contributed by atoms with Gasteiger partial charge in [0.15, 0.2) is 0 Å². The Labute approximate surface area is 181 Å². The number of aromatic nitrogens is 2. The number of hydrogen-bond acceptors (Lipinski definition) is 4. The molecule has 2 aromatic rings. The summed E-state index contributed by atoms with van der Waals surface area (Å²) in [4.78, 5) is 0.295. The molecular formula is C23H36N4O2S. The third-order valence-electron chi connectivity index (χ3n) is 6.01. The van der Waals surface area contributed by atoms with Gasteiger partial charge in [-0.1, -0.05) is 32.4 Å². The van der Waals surface area contributed by atoms with Crippen LogP contribution < -0.4 is 10.0 Å². The van der Waals surface area contributed by atoms with Crippen molar-refractivity contribution in [2.45, 2.75) is 64.2 Å². The number of nitrogens with one attached hydrogen (secondary N) is 2. The van der Waals surface area contributed by atoms with Crippen LogP contribution in [0.25, 0.3) is 0 Å². The molecule has 0 saturated carbocycles. The van der Waals surface area contributed by atoms with E-state index in [1.165, 1.54) is 24.8 Å². The van der Waals surface area contributed by atoms with Gasteiger partial charge in [-0.15, -0.1) is 0 Å². The molecule has 3 rings (SSSR count). The van der Waals surface area contributed by atoms with Crippen LogP contribution in [-0.2, 0) is 29.9 Å². The molecule has 0 unspecified atom stereocenters. The van der Waals surface area contributed by atoms with Gasteiger partial charge in [0.2, 0.25) is 0 Å². The quantitative estimate of drug-likeness (QED) is 0.627. The lowest BCUT2D eigenvalue weighted by Gasteiger charge is -2.22. The Morgan fingerprint density at radius 1 is 1.20 bits per heavy atom. The molecule has 0 bridgehead atoms. The van der Waals surface area contributed by atoms with Crippen LogP contribution in [0.2, 0.25) is 0 Å². The predicted octanol–water partition coefficient (Wildman–Crippen LogP) is 4.05. The molecule has 2 N–H and O–H groups in total. The topological polar surface area (TPSA) is 76.0 Å². The number of nitrogens with zero attached hydrogens (tertiary/aromatic N) is 2. The van der Waals surface area contributed by atoms with Gasteiger partial charge >= 0.3 is 0 Å². The van der Waals surface area contributed by atoms with Gasteiger partial charge in [0.25, 0.3) is 10.0 Å². The number of aryl methyl sites for hydroxylation is 2. The summed E-state index contributed by atoms with van der Waals surface area (Å²) in [6.07, 6.45) is 6.68. The smallest absolute Gasteiger partial charge is 0.262 e. The van der Waals surface area contributed by atoms with Crippen LogP contribution >= 0.6 is 0 Å². The van der Waals surface area contributed by atoms with E-state index in [2.05, 4.69) is 29.0 Å². The summed E-state index contributed by atoms with van der Waals surface area (Å²) in [5.41, 5.74) is 3.42. The molecule has 1 aromatic heterocycles. The highest BCUT2D eigenvalue weighted by atomic mass is 32.2. The van der Waals surface area contributed by atoms with E-state index in [-0.39, 0.29) is 0 Å². The van der Waals surface area contributed by atoms with E-state index in [1.807, 2.05) is 26.1 Å². The number of benzene rings is 1. The summed E-state index contributed by atoms with van der Waals surface area (Å²) in [7, 11) is -1.80. The van der Waals surface area contributed by atoms with Crippen molar-refractivity contribution in [3.8, 4) is 0 Å². The van der Waals surface area contributed by atoms with Crippen molar-refractivity contribution in [3.05, 3.63) is 41.2 Å². The maximum absolute atomic E-state index is 13.0. The lowest BCUT2D eigenvalue weighted by atomic mass is 9.92. The molecule has 166 valence electrons. The van der Waals surface area contributed by atoms with Crippen molar-refractivity contribution in [2.75, 3.05) is 17.8 Å². The average Bonchev–Trinajstić information content (AvgIpc) is 2.96. The fourth-order valence-electron chi connectivity index (χ4n) is 4.13. The maximum Gasteiger partial charge on any atom is 0.262 e. The van der Waals surface area contributed by atoms with Crippen molar-refractivity contribution in [3.63, 3.8) is 0 Å². The zero-order valence-electron chi connectivity index (χ0n) is 18.7. The minimum atomic E-state index is -3.65. The zero-order chi connectivity index (χ0) is 21.7. The Kier molecular flexibility index (Phi) is 7.58. The summed E-state index contributed by atoms with van der Waals surface area (Å²) in [5, 5.41) is 7.91. The lowest BCUT2D eigenvalue weighted by molar-refractivity contribution is 0.347. The van der Waals surface area contributed by atoms with E-state index in [0.29, 0.717) is 16.5 Å². The maximum atomic E-state index is 13.0. The molecule has 7 heteroatoms. The van der Waals surface area contributed by atoms with Crippen molar-refractivity contribution in [2.24, 2.45) is 18.9 Å². The second-order valence-electron chi connectivity index (χ2n) is 8.96. The van der Waals surface area contributed by atoms with Crippen molar-refractivity contribution >= 4 is 15.7 Å². The van der Waals surface area contributed by atoms with E-state index in [1.54, 1.807) is 16.8 Å². The third-order valence-corrected chi connectivity index (χ3v) is 7.38. The van der Waals surface area contributed by atoms with Crippen molar-refractivity contribution in [1.29, 1.82) is 0 Å². The third kappa shape index (κ3) is 5.85. The summed E-state index contributed by atoms with van der Waals surface area (Å²) in [6.45, 7) is 8.37. The molecule has 1 aliphatic heterocycles. The van der Waals surface area contributed by atoms with Crippen LogP contribution in [0.15, 0.2) is 29.2 Å². The molecule has 0 aliphatic carbocycles. The van der Waals surface area contributed by atoms with E-state index in [0.717, 1.165) is 49.7 Å². The highest BCUT2D eigenvalue weighted by Gasteiger charge is 2.21. The fourth-order valence-corrected chi connectivity index (χ4v) is 5.28. The molecule has 0 atom stereocenters. The standard InChI is InChI=1S/C23H36N4O2S/c1-17(2)16-22-23(18(3)27(4)25-22)26-30(28,29)21-10-8-19(9-11-21)6-5-7-20-12-14-24-15-13-20/h8-11,17,20,24,26H,5-7,12-16H2,1-4H3. The van der Waals surface area contributed by atoms with Crippen LogP contribution in [0.3, 0.4) is 0 Å². The minimum absolute atomic E-state index is 0.295. The molecule has 1 aliphatic rings. The van der Waals surface area contributed by atoms with Gasteiger partial charge in [0.05, 0.1) is 22.0 Å². The van der Waals surface area contributed by atoms with Gasteiger partial charge in [-0.05, 0) is 81.6 Å². The molecule has 2 heterocycles. The Balaban J connectivity index is 1.64. The van der Waals surface area contributed by atoms with Crippen LogP contribution in [-0.4, -0.2) is 31.3 Å². The van der Waals surface area contributed by atoms with Crippen LogP contribution in [0.4, 0.5) is 5.69 Å². The second-order valence-corrected chi connectivity index (χ2v) is 10.6. The first-order valence-corrected chi connectivity index (χ1v) is 12.6. The molecule has 1 aromatic carbocycles. The van der Waals surface area contributed by atoms with Crippen LogP contribution in [0, 0.1) is 18.8 Å². The highest BCUT2D eigenvalue weighted by molar-refractivity contribution is 7.92. The van der Waals surface area contributed by atoms with E-state index >= 15 is 0 Å². The molecule has 0 radical (unpaired) electrons. The zero-order valence-corrected chi connectivity index (χ0v) is 19.6. The van der Waals surface area contributed by atoms with E-state index in [9.17, 15) is 8.42 Å². The molecule has 0 spiro atoms. The van der Waals surface area contributed by atoms with Crippen LogP contribution in [0.5, 0.6) is 0 Å². The predicted molar refractivity (Wildman–Crippen MR) is 122 cm³/mol. The van der Waals surface area contributed by atoms with Crippen molar-refractivity contribution in [1.82, 2.24) is 15.1 Å². The molecule has 1 saturated heterocycles. The van der Waals surface area contributed by atoms with Gasteiger partial charge in [-0.2, -0.15) is 5.10 Å². The number of anilines is 1. The van der Waals surface area contributed by atoms with E-state index < -0.39 is 10.0 Å². The average molecular weight is 433 g/mol. The van der Waals surface area contributed by atoms with Crippen molar-refractivity contribution < 1.29 is 8.42 Å². The van der Waals surface area contributed by atoms with Crippen LogP contribution in [0.1, 0.15) is 56.5 Å². The Morgan fingerprint density at radius 2 is 1.87 bits per heavy atom. The van der Waals surface area contributed by atoms with Gasteiger partial charge in [-0.3, -0.25) is 9.40 Å². The van der Waals surface area contributed by atoms with Gasteiger partial charge in [0.1, 0.15) is 0 Å². The molecule has 30 heavy (non-hydrogen) atoms. The molecule has 0 amide bonds. The summed E-state index contributed by atoms with van der Waals surface area (Å²) >= 11 is 0. The summed E-state index contributed by atoms with van der Waals surface area (Å²) in [5.74, 6) is 1.23. The molecule has 1 fully saturated rings. The second kappa shape index (κ2) is 9.96. The Hall–Kier alpha value is -1.86. The fraction of sp³-hybridized carbons (Fsp3) is 0.609. The largest absolute Gasteiger partial charge is 0.317 e. The molecule has 6 nitrogen and oxygen atoms in total. The Morgan fingerprint density at radius 3 is 2.50 bits per heavy atom. The minimum Gasteiger partial charge on any atom is -0.317 e. The number of hydrogen-bond donors (Lipinski definition) is 2. The monoisotopic (exact) mass is 432 g/mol. The molecular weight excluding hydrogens is 396 g/mol.